The molecule has 0 aliphatic rings. The van der Waals surface area contributed by atoms with E-state index >= 15 is 0 Å². The monoisotopic (exact) mass is 254 g/mol. The van der Waals surface area contributed by atoms with Gasteiger partial charge in [0.05, 0.1) is 0 Å². The Morgan fingerprint density at radius 1 is 1.11 bits per heavy atom. The van der Waals surface area contributed by atoms with Crippen LogP contribution in [0.3, 0.4) is 0 Å². The fourth-order valence-corrected chi connectivity index (χ4v) is 1.09. The predicted molar refractivity (Wildman–Crippen MR) is 67.9 cm³/mol. The van der Waals surface area contributed by atoms with E-state index in [0.29, 0.717) is 6.54 Å². The maximum absolute atomic E-state index is 10.2. The molecular weight excluding hydrogens is 236 g/mol. The number of hydrogen-bond donors (Lipinski definition) is 4. The Kier molecular flexibility index (Phi) is 6.95. The molecule has 0 aromatic heterocycles. The molecule has 1 rings (SSSR count). The highest BCUT2D eigenvalue weighted by Crippen LogP contribution is 2.09. The molecular formula is C12H18N2O4. The van der Waals surface area contributed by atoms with Crippen LogP contribution in [0.5, 0.6) is 0 Å². The average molecular weight is 254 g/mol. The van der Waals surface area contributed by atoms with Crippen molar-refractivity contribution in [2.75, 3.05) is 7.05 Å². The third kappa shape index (κ3) is 7.10. The molecule has 1 aromatic carbocycles. The Labute approximate surface area is 106 Å². The molecule has 0 aliphatic heterocycles. The van der Waals surface area contributed by atoms with Gasteiger partial charge in [-0.1, -0.05) is 18.2 Å². The lowest BCUT2D eigenvalue weighted by molar-refractivity contribution is 0.193. The van der Waals surface area contributed by atoms with Crippen LogP contribution in [0.2, 0.25) is 0 Å². The van der Waals surface area contributed by atoms with Gasteiger partial charge in [-0.05, 0) is 30.5 Å². The molecule has 0 saturated carbocycles. The normalized spacial score (nSPS) is 8.83. The predicted octanol–water partition coefficient (Wildman–Crippen LogP) is 1.95. The van der Waals surface area contributed by atoms with Crippen LogP contribution in [0, 0.1) is 13.8 Å². The molecule has 0 unspecified atom stereocenters. The van der Waals surface area contributed by atoms with Crippen LogP contribution in [0.1, 0.15) is 16.7 Å². The zero-order valence-corrected chi connectivity index (χ0v) is 10.7. The quantitative estimate of drug-likeness (QED) is 0.648. The van der Waals surface area contributed by atoms with Gasteiger partial charge < -0.3 is 20.8 Å². The van der Waals surface area contributed by atoms with Crippen LogP contribution in [-0.4, -0.2) is 29.4 Å². The van der Waals surface area contributed by atoms with Gasteiger partial charge in [0.15, 0.2) is 0 Å². The Morgan fingerprint density at radius 3 is 2.06 bits per heavy atom. The van der Waals surface area contributed by atoms with E-state index < -0.39 is 12.2 Å². The second-order valence-corrected chi connectivity index (χ2v) is 3.63. The Morgan fingerprint density at radius 2 is 1.67 bits per heavy atom. The van der Waals surface area contributed by atoms with Gasteiger partial charge >= 0.3 is 12.2 Å². The minimum absolute atomic E-state index is 0.371. The average Bonchev–Trinajstić information content (AvgIpc) is 2.31. The molecule has 4 N–H and O–H groups in total. The molecule has 0 bridgehead atoms. The molecule has 100 valence electrons. The van der Waals surface area contributed by atoms with E-state index in [1.165, 1.54) is 18.2 Å². The van der Waals surface area contributed by atoms with Gasteiger partial charge in [0.25, 0.3) is 0 Å². The highest BCUT2D eigenvalue weighted by Gasteiger charge is 1.98. The lowest BCUT2D eigenvalue weighted by atomic mass is 10.1. The van der Waals surface area contributed by atoms with Crippen LogP contribution < -0.4 is 10.6 Å². The third-order valence-corrected chi connectivity index (χ3v) is 2.23. The smallest absolute Gasteiger partial charge is 0.404 e. The summed E-state index contributed by atoms with van der Waals surface area (Å²) in [4.78, 5) is 19.5. The lowest BCUT2D eigenvalue weighted by Crippen LogP contribution is -2.19. The molecule has 0 atom stereocenters. The summed E-state index contributed by atoms with van der Waals surface area (Å²) < 4.78 is 0. The van der Waals surface area contributed by atoms with E-state index in [2.05, 4.69) is 5.32 Å². The highest BCUT2D eigenvalue weighted by molar-refractivity contribution is 5.64. The van der Waals surface area contributed by atoms with Crippen molar-refractivity contribution in [3.8, 4) is 0 Å². The zero-order chi connectivity index (χ0) is 14.1. The summed E-state index contributed by atoms with van der Waals surface area (Å²) in [6.45, 7) is 4.42. The minimum atomic E-state index is -0.995. The molecule has 0 aliphatic carbocycles. The number of nitrogens with one attached hydrogen (secondary N) is 2. The van der Waals surface area contributed by atoms with Crippen molar-refractivity contribution in [3.05, 3.63) is 34.9 Å². The molecule has 2 amide bonds. The summed E-state index contributed by atoms with van der Waals surface area (Å²) in [5.74, 6) is 0. The third-order valence-electron chi connectivity index (χ3n) is 2.23. The second kappa shape index (κ2) is 7.94. The van der Waals surface area contributed by atoms with E-state index in [9.17, 15) is 9.59 Å². The summed E-state index contributed by atoms with van der Waals surface area (Å²) >= 11 is 0. The zero-order valence-electron chi connectivity index (χ0n) is 10.7. The number of rotatable bonds is 2. The fraction of sp³-hybridized carbons (Fsp3) is 0.333. The van der Waals surface area contributed by atoms with Gasteiger partial charge in [0.1, 0.15) is 0 Å². The number of amides is 2. The Bertz CT molecular complexity index is 419. The maximum Gasteiger partial charge on any atom is 0.404 e. The number of carbonyl (C=O) groups is 2. The number of carboxylic acid groups (broad SMARTS) is 2. The van der Waals surface area contributed by atoms with E-state index in [-0.39, 0.29) is 0 Å². The van der Waals surface area contributed by atoms with Crippen LogP contribution in [0.4, 0.5) is 9.59 Å². The first kappa shape index (κ1) is 15.8. The van der Waals surface area contributed by atoms with Gasteiger partial charge in [-0.15, -0.1) is 0 Å². The molecule has 0 saturated heterocycles. The van der Waals surface area contributed by atoms with Crippen molar-refractivity contribution in [2.24, 2.45) is 0 Å². The van der Waals surface area contributed by atoms with E-state index in [1.54, 1.807) is 0 Å². The molecule has 0 radical (unpaired) electrons. The van der Waals surface area contributed by atoms with Crippen molar-refractivity contribution in [2.45, 2.75) is 20.4 Å². The molecule has 1 aromatic rings. The second-order valence-electron chi connectivity index (χ2n) is 3.63. The van der Waals surface area contributed by atoms with E-state index in [1.807, 2.05) is 37.4 Å². The SMILES string of the molecule is CNC(=O)O.Cc1ccc(CNC(=O)O)cc1C. The lowest BCUT2D eigenvalue weighted by Gasteiger charge is -2.04. The summed E-state index contributed by atoms with van der Waals surface area (Å²) in [5, 5.41) is 20.3. The molecule has 6 heteroatoms. The molecule has 0 heterocycles. The van der Waals surface area contributed by atoms with Gasteiger partial charge in [-0.25, -0.2) is 9.59 Å². The Hall–Kier alpha value is -2.24. The summed E-state index contributed by atoms with van der Waals surface area (Å²) in [6.07, 6.45) is -1.98. The largest absolute Gasteiger partial charge is 0.465 e. The minimum Gasteiger partial charge on any atom is -0.465 e. The first-order chi connectivity index (χ1) is 8.36. The van der Waals surface area contributed by atoms with Crippen molar-refractivity contribution >= 4 is 12.2 Å². The summed E-state index contributed by atoms with van der Waals surface area (Å²) in [5.41, 5.74) is 3.40. The summed E-state index contributed by atoms with van der Waals surface area (Å²) in [6, 6.07) is 5.91. The fourth-order valence-electron chi connectivity index (χ4n) is 1.09. The number of aryl methyl sites for hydroxylation is 2. The van der Waals surface area contributed by atoms with Gasteiger partial charge in [-0.3, -0.25) is 0 Å². The molecule has 0 fully saturated rings. The van der Waals surface area contributed by atoms with Gasteiger partial charge in [0.2, 0.25) is 0 Å². The molecule has 18 heavy (non-hydrogen) atoms. The van der Waals surface area contributed by atoms with Crippen LogP contribution >= 0.6 is 0 Å². The van der Waals surface area contributed by atoms with E-state index in [0.717, 1.165) is 5.56 Å². The topological polar surface area (TPSA) is 98.7 Å². The number of benzene rings is 1. The van der Waals surface area contributed by atoms with Crippen molar-refractivity contribution in [1.82, 2.24) is 10.6 Å². The summed E-state index contributed by atoms with van der Waals surface area (Å²) in [7, 11) is 1.35. The van der Waals surface area contributed by atoms with Crippen molar-refractivity contribution in [3.63, 3.8) is 0 Å². The van der Waals surface area contributed by atoms with E-state index in [4.69, 9.17) is 10.2 Å². The maximum atomic E-state index is 10.2. The van der Waals surface area contributed by atoms with Gasteiger partial charge in [-0.2, -0.15) is 0 Å². The van der Waals surface area contributed by atoms with Crippen LogP contribution in [0.25, 0.3) is 0 Å². The van der Waals surface area contributed by atoms with Crippen molar-refractivity contribution in [1.29, 1.82) is 0 Å². The first-order valence-electron chi connectivity index (χ1n) is 5.30. The first-order valence-corrected chi connectivity index (χ1v) is 5.30. The van der Waals surface area contributed by atoms with Crippen LogP contribution in [-0.2, 0) is 6.54 Å². The molecule has 0 spiro atoms. The van der Waals surface area contributed by atoms with Crippen molar-refractivity contribution < 1.29 is 19.8 Å². The highest BCUT2D eigenvalue weighted by atomic mass is 16.4. The molecule has 6 nitrogen and oxygen atoms in total. The van der Waals surface area contributed by atoms with Gasteiger partial charge in [0, 0.05) is 13.6 Å². The standard InChI is InChI=1S/C10H13NO2.C2H5NO2/c1-7-3-4-9(5-8(7)2)6-11-10(12)13;1-3-2(4)5/h3-5,11H,6H2,1-2H3,(H,12,13);3H,1H3,(H,4,5). The Balaban J connectivity index is 0.000000494. The number of hydrogen-bond acceptors (Lipinski definition) is 2. The van der Waals surface area contributed by atoms with Crippen LogP contribution in [0.15, 0.2) is 18.2 Å².